The van der Waals surface area contributed by atoms with E-state index in [-0.39, 0.29) is 0 Å². The molecule has 0 atom stereocenters. The lowest BCUT2D eigenvalue weighted by molar-refractivity contribution is 1.38. The monoisotopic (exact) mass is 475 g/mol. The van der Waals surface area contributed by atoms with Crippen LogP contribution in [0.25, 0.3) is 54.8 Å². The van der Waals surface area contributed by atoms with Gasteiger partial charge in [-0.15, -0.1) is 10.0 Å². The molecule has 0 unspecified atom stereocenters. The highest BCUT2D eigenvalue weighted by Gasteiger charge is 2.48. The fraction of sp³-hybridized carbons (Fsp3) is 0. The first kappa shape index (κ1) is 19.0. The third kappa shape index (κ3) is 2.04. The van der Waals surface area contributed by atoms with Crippen LogP contribution in [0, 0.1) is 0 Å². The standard InChI is InChI=1S/C34H21NS/c1-5-13-28-22(9-1)26-19-17-21-18-20-27-25-12-4-8-16-31(25)36(34(27)32(21)33(26)35-28)29-14-6-2-10-23(29)24-11-3-7-15-30(24)36/h1-20,35H. The first-order valence-electron chi connectivity index (χ1n) is 12.4. The number of aromatic amines is 1. The molecule has 3 heterocycles. The quantitative estimate of drug-likeness (QED) is 0.225. The van der Waals surface area contributed by atoms with Gasteiger partial charge in [0.15, 0.2) is 0 Å². The summed E-state index contributed by atoms with van der Waals surface area (Å²) in [6, 6.07) is 45.4. The number of H-pyrrole nitrogens is 1. The summed E-state index contributed by atoms with van der Waals surface area (Å²) in [7, 11) is -1.64. The van der Waals surface area contributed by atoms with Crippen molar-refractivity contribution < 1.29 is 0 Å². The number of rotatable bonds is 0. The number of para-hydroxylation sites is 1. The van der Waals surface area contributed by atoms with E-state index in [9.17, 15) is 0 Å². The van der Waals surface area contributed by atoms with Gasteiger partial charge in [-0.2, -0.15) is 0 Å². The van der Waals surface area contributed by atoms with Crippen LogP contribution in [0.15, 0.2) is 141 Å². The molecule has 0 amide bonds. The minimum Gasteiger partial charge on any atom is -0.354 e. The van der Waals surface area contributed by atoms with Gasteiger partial charge in [-0.05, 0) is 51.9 Å². The Hall–Kier alpha value is -4.27. The van der Waals surface area contributed by atoms with Crippen molar-refractivity contribution in [2.75, 3.05) is 0 Å². The summed E-state index contributed by atoms with van der Waals surface area (Å²) in [5.74, 6) is 0. The summed E-state index contributed by atoms with van der Waals surface area (Å²) in [4.78, 5) is 9.75. The molecule has 1 N–H and O–H groups in total. The Kier molecular flexibility index (Phi) is 3.42. The molecule has 1 aromatic heterocycles. The predicted octanol–water partition coefficient (Wildman–Crippen LogP) is 9.78. The normalized spacial score (nSPS) is 15.2. The number of fused-ring (bicyclic) bond motifs is 16. The molecule has 6 aromatic carbocycles. The van der Waals surface area contributed by atoms with Crippen molar-refractivity contribution in [2.24, 2.45) is 0 Å². The fourth-order valence-electron chi connectivity index (χ4n) is 6.79. The van der Waals surface area contributed by atoms with Crippen LogP contribution in [0.3, 0.4) is 0 Å². The van der Waals surface area contributed by atoms with E-state index in [1.807, 2.05) is 0 Å². The van der Waals surface area contributed by atoms with E-state index in [1.54, 1.807) is 0 Å². The largest absolute Gasteiger partial charge is 0.354 e. The van der Waals surface area contributed by atoms with Crippen molar-refractivity contribution in [1.82, 2.24) is 4.98 Å². The molecule has 168 valence electrons. The highest BCUT2D eigenvalue weighted by Crippen LogP contribution is 2.85. The van der Waals surface area contributed by atoms with Gasteiger partial charge in [0.1, 0.15) is 0 Å². The zero-order valence-electron chi connectivity index (χ0n) is 19.5. The number of aromatic nitrogens is 1. The third-order valence-corrected chi connectivity index (χ3v) is 12.2. The van der Waals surface area contributed by atoms with Gasteiger partial charge >= 0.3 is 0 Å². The molecule has 0 radical (unpaired) electrons. The van der Waals surface area contributed by atoms with Gasteiger partial charge in [0.2, 0.25) is 0 Å². The Morgan fingerprint density at radius 3 is 1.69 bits per heavy atom. The van der Waals surface area contributed by atoms with E-state index in [2.05, 4.69) is 126 Å². The summed E-state index contributed by atoms with van der Waals surface area (Å²) in [5, 5.41) is 5.27. The summed E-state index contributed by atoms with van der Waals surface area (Å²) in [5.41, 5.74) is 7.98. The molecule has 9 rings (SSSR count). The van der Waals surface area contributed by atoms with Gasteiger partial charge in [-0.25, -0.2) is 0 Å². The summed E-state index contributed by atoms with van der Waals surface area (Å²) in [6.07, 6.45) is 0. The first-order chi connectivity index (χ1) is 17.9. The Morgan fingerprint density at radius 1 is 0.444 bits per heavy atom. The van der Waals surface area contributed by atoms with Crippen LogP contribution in [0.2, 0.25) is 0 Å². The number of benzene rings is 6. The van der Waals surface area contributed by atoms with E-state index < -0.39 is 10.0 Å². The average Bonchev–Trinajstić information content (AvgIpc) is 3.57. The maximum absolute atomic E-state index is 3.85. The summed E-state index contributed by atoms with van der Waals surface area (Å²) < 4.78 is 0. The second-order valence-corrected chi connectivity index (χ2v) is 12.8. The zero-order valence-corrected chi connectivity index (χ0v) is 20.3. The van der Waals surface area contributed by atoms with Gasteiger partial charge in [0, 0.05) is 41.3 Å². The molecule has 0 saturated carbocycles. The van der Waals surface area contributed by atoms with Gasteiger partial charge in [-0.3, -0.25) is 0 Å². The highest BCUT2D eigenvalue weighted by molar-refractivity contribution is 8.34. The Labute approximate surface area is 210 Å². The molecule has 2 aliphatic heterocycles. The lowest BCUT2D eigenvalue weighted by atomic mass is 9.99. The Morgan fingerprint density at radius 2 is 1.00 bits per heavy atom. The number of hydrogen-bond donors (Lipinski definition) is 1. The first-order valence-corrected chi connectivity index (χ1v) is 14.1. The molecule has 7 aromatic rings. The van der Waals surface area contributed by atoms with Gasteiger partial charge in [0.25, 0.3) is 0 Å². The minimum atomic E-state index is -1.64. The molecule has 2 aliphatic rings. The van der Waals surface area contributed by atoms with E-state index in [0.717, 1.165) is 0 Å². The maximum atomic E-state index is 3.85. The van der Waals surface area contributed by atoms with Crippen LogP contribution in [-0.2, 0) is 0 Å². The molecule has 1 spiro atoms. The molecule has 36 heavy (non-hydrogen) atoms. The fourth-order valence-corrected chi connectivity index (χ4v) is 11.6. The van der Waals surface area contributed by atoms with Crippen LogP contribution in [0.4, 0.5) is 0 Å². The van der Waals surface area contributed by atoms with Crippen molar-refractivity contribution in [3.05, 3.63) is 121 Å². The lowest BCUT2D eigenvalue weighted by Crippen LogP contribution is -1.99. The van der Waals surface area contributed by atoms with Crippen LogP contribution in [0.1, 0.15) is 0 Å². The molecule has 1 nitrogen and oxygen atoms in total. The van der Waals surface area contributed by atoms with E-state index in [1.165, 1.54) is 74.4 Å². The summed E-state index contributed by atoms with van der Waals surface area (Å²) >= 11 is 0. The maximum Gasteiger partial charge on any atom is 0.0555 e. The lowest BCUT2D eigenvalue weighted by Gasteiger charge is -2.37. The topological polar surface area (TPSA) is 15.8 Å². The van der Waals surface area contributed by atoms with Crippen LogP contribution in [0.5, 0.6) is 0 Å². The SMILES string of the molecule is c1ccc2c(c1)-c1ccccc1S21c2ccccc2-c2ccc3ccc4c5ccccc5[nH]c4c3c21. The third-order valence-electron chi connectivity index (χ3n) is 8.15. The van der Waals surface area contributed by atoms with Crippen LogP contribution < -0.4 is 0 Å². The summed E-state index contributed by atoms with van der Waals surface area (Å²) in [6.45, 7) is 0. The molecule has 2 heteroatoms. The molecule has 0 saturated heterocycles. The molecule has 0 aliphatic carbocycles. The van der Waals surface area contributed by atoms with Crippen molar-refractivity contribution in [1.29, 1.82) is 0 Å². The highest BCUT2D eigenvalue weighted by atomic mass is 32.3. The average molecular weight is 476 g/mol. The van der Waals surface area contributed by atoms with E-state index in [4.69, 9.17) is 0 Å². The van der Waals surface area contributed by atoms with Crippen molar-refractivity contribution in [2.45, 2.75) is 19.6 Å². The van der Waals surface area contributed by atoms with Gasteiger partial charge < -0.3 is 4.98 Å². The smallest absolute Gasteiger partial charge is 0.0555 e. The van der Waals surface area contributed by atoms with Crippen molar-refractivity contribution in [3.8, 4) is 22.3 Å². The minimum absolute atomic E-state index is 1.20. The van der Waals surface area contributed by atoms with E-state index >= 15 is 0 Å². The van der Waals surface area contributed by atoms with Crippen LogP contribution >= 0.6 is 10.0 Å². The second kappa shape index (κ2) is 6.48. The second-order valence-electron chi connectivity index (χ2n) is 9.80. The van der Waals surface area contributed by atoms with E-state index in [0.29, 0.717) is 0 Å². The predicted molar refractivity (Wildman–Crippen MR) is 151 cm³/mol. The Bertz CT molecular complexity index is 2000. The zero-order chi connectivity index (χ0) is 23.4. The van der Waals surface area contributed by atoms with Gasteiger partial charge in [-0.1, -0.05) is 97.1 Å². The number of nitrogens with one attached hydrogen (secondary N) is 1. The molecule has 0 fully saturated rings. The Balaban J connectivity index is 1.58. The molecule has 0 bridgehead atoms. The van der Waals surface area contributed by atoms with Crippen LogP contribution in [-0.4, -0.2) is 4.98 Å². The number of hydrogen-bond acceptors (Lipinski definition) is 0. The molecular formula is C34H21NS. The van der Waals surface area contributed by atoms with Gasteiger partial charge in [0.05, 0.1) is 5.52 Å². The molecular weight excluding hydrogens is 454 g/mol. The van der Waals surface area contributed by atoms with Crippen molar-refractivity contribution in [3.63, 3.8) is 0 Å². The van der Waals surface area contributed by atoms with Crippen molar-refractivity contribution >= 4 is 42.6 Å².